The molecule has 0 saturated carbocycles. The Balaban J connectivity index is 1.12. The summed E-state index contributed by atoms with van der Waals surface area (Å²) < 4.78 is 47.5. The van der Waals surface area contributed by atoms with Gasteiger partial charge in [-0.3, -0.25) is 0 Å². The summed E-state index contributed by atoms with van der Waals surface area (Å²) >= 11 is 0. The number of hydrogen-bond donors (Lipinski definition) is 0. The quantitative estimate of drug-likeness (QED) is 0.149. The minimum absolute atomic E-state index is 0.472. The molecule has 2 heterocycles. The lowest BCUT2D eigenvalue weighted by Crippen LogP contribution is -2.05. The van der Waals surface area contributed by atoms with E-state index in [0.29, 0.717) is 16.7 Å². The van der Waals surface area contributed by atoms with Crippen LogP contribution in [0.3, 0.4) is 0 Å². The van der Waals surface area contributed by atoms with E-state index in [2.05, 4.69) is 234 Å². The van der Waals surface area contributed by atoms with Crippen molar-refractivity contribution in [3.63, 3.8) is 0 Å². The predicted molar refractivity (Wildman–Crippen MR) is 340 cm³/mol. The molecule has 0 fully saturated rings. The number of fused-ring (bicyclic) bond motifs is 6. The van der Waals surface area contributed by atoms with Crippen LogP contribution >= 0.6 is 0 Å². The molecular formula is C77H60F3N3. The second-order valence-electron chi connectivity index (χ2n) is 23.0. The van der Waals surface area contributed by atoms with Crippen molar-refractivity contribution in [2.24, 2.45) is 0 Å². The Morgan fingerprint density at radius 2 is 0.602 bits per heavy atom. The van der Waals surface area contributed by atoms with Gasteiger partial charge in [0.1, 0.15) is 0 Å². The lowest BCUT2D eigenvalue weighted by Gasteiger charge is -2.21. The summed E-state index contributed by atoms with van der Waals surface area (Å²) in [5.41, 5.74) is 27.6. The average molecular weight is 1080 g/mol. The van der Waals surface area contributed by atoms with Crippen molar-refractivity contribution in [1.29, 1.82) is 5.26 Å². The highest BCUT2D eigenvalue weighted by atomic mass is 19.4. The van der Waals surface area contributed by atoms with Crippen molar-refractivity contribution in [3.05, 3.63) is 261 Å². The number of rotatable bonds is 8. The molecule has 11 aromatic carbocycles. The Morgan fingerprint density at radius 1 is 0.301 bits per heavy atom. The fraction of sp³-hybridized carbons (Fsp3) is 0.130. The van der Waals surface area contributed by atoms with Crippen LogP contribution < -0.4 is 0 Å². The zero-order valence-electron chi connectivity index (χ0n) is 48.0. The molecule has 0 spiro atoms. The van der Waals surface area contributed by atoms with Crippen molar-refractivity contribution in [3.8, 4) is 84.2 Å². The monoisotopic (exact) mass is 1080 g/mol. The number of benzene rings is 11. The second kappa shape index (κ2) is 20.1. The molecule has 0 aliphatic heterocycles. The number of nitriles is 1. The molecule has 0 radical (unpaired) electrons. The van der Waals surface area contributed by atoms with Gasteiger partial charge in [-0.25, -0.2) is 0 Å². The smallest absolute Gasteiger partial charge is 0.309 e. The first-order chi connectivity index (χ1) is 39.9. The Labute approximate surface area is 482 Å². The van der Waals surface area contributed by atoms with E-state index >= 15 is 0 Å². The molecule has 0 saturated heterocycles. The fourth-order valence-corrected chi connectivity index (χ4v) is 13.1. The minimum Gasteiger partial charge on any atom is -0.309 e. The standard InChI is InChI=1S/C77H60F3N3/c1-44-10-21-60(48(5)32-44)54-15-28-73-67(39-54)68-40-55(61-22-11-45(2)33-49(61)6)16-29-74(68)82(73)71-26-14-53(43-81)37-65(71)66-38-58(64-25-20-59(36-52(64)9)77(78,79)80)19-27-72(66)83-75-30-17-56(62-23-12-46(3)34-50(62)7)41-69(75)70-42-57(18-31-76(70)83)63-24-13-47(4)35-51(63)8/h10-42H,1-9H3. The Bertz CT molecular complexity index is 4680. The molecule has 83 heavy (non-hydrogen) atoms. The molecule has 0 unspecified atom stereocenters. The van der Waals surface area contributed by atoms with Crippen molar-refractivity contribution in [2.75, 3.05) is 0 Å². The van der Waals surface area contributed by atoms with Gasteiger partial charge < -0.3 is 9.13 Å². The first-order valence-electron chi connectivity index (χ1n) is 28.3. The topological polar surface area (TPSA) is 33.6 Å². The average Bonchev–Trinajstić information content (AvgIpc) is 3.79. The van der Waals surface area contributed by atoms with Gasteiger partial charge in [0.15, 0.2) is 0 Å². The Kier molecular flexibility index (Phi) is 12.7. The van der Waals surface area contributed by atoms with Crippen molar-refractivity contribution in [2.45, 2.75) is 68.5 Å². The summed E-state index contributed by atoms with van der Waals surface area (Å²) in [5, 5.41) is 15.2. The fourth-order valence-electron chi connectivity index (χ4n) is 13.1. The number of alkyl halides is 3. The summed E-state index contributed by atoms with van der Waals surface area (Å²) in [6.45, 7) is 18.9. The van der Waals surface area contributed by atoms with Gasteiger partial charge in [-0.2, -0.15) is 18.4 Å². The molecule has 0 aliphatic rings. The van der Waals surface area contributed by atoms with E-state index in [9.17, 15) is 18.4 Å². The summed E-state index contributed by atoms with van der Waals surface area (Å²) in [5.74, 6) is 0. The van der Waals surface area contributed by atoms with Crippen LogP contribution in [0.5, 0.6) is 0 Å². The van der Waals surface area contributed by atoms with E-state index in [-0.39, 0.29) is 0 Å². The molecule has 2 aromatic heterocycles. The van der Waals surface area contributed by atoms with Crippen LogP contribution in [-0.4, -0.2) is 9.13 Å². The third-order valence-electron chi connectivity index (χ3n) is 17.1. The summed E-state index contributed by atoms with van der Waals surface area (Å²) in [7, 11) is 0. The molecule has 0 N–H and O–H groups in total. The van der Waals surface area contributed by atoms with Crippen molar-refractivity contribution in [1.82, 2.24) is 9.13 Å². The highest BCUT2D eigenvalue weighted by Crippen LogP contribution is 2.46. The zero-order chi connectivity index (χ0) is 57.7. The molecule has 0 bridgehead atoms. The number of hydrogen-bond acceptors (Lipinski definition) is 1. The molecule has 13 rings (SSSR count). The van der Waals surface area contributed by atoms with Gasteiger partial charge in [-0.05, 0) is 237 Å². The van der Waals surface area contributed by atoms with E-state index in [1.807, 2.05) is 18.2 Å². The van der Waals surface area contributed by atoms with E-state index < -0.39 is 11.7 Å². The third-order valence-corrected chi connectivity index (χ3v) is 17.1. The summed E-state index contributed by atoms with van der Waals surface area (Å²) in [6.07, 6.45) is -4.50. The predicted octanol–water partition coefficient (Wildman–Crippen LogP) is 21.5. The molecule has 3 nitrogen and oxygen atoms in total. The SMILES string of the molecule is Cc1ccc(-c2ccc3c(c2)c2cc(-c4ccc(C)cc4C)ccc2n3-c2ccc(C#N)cc2-c2cc(-c3ccc(C(F)(F)F)cc3C)ccc2-n2c3ccc(-c4ccc(C)cc4C)cc3c3cc(-c4ccc(C)cc4C)ccc32)c(C)c1. The number of nitrogens with zero attached hydrogens (tertiary/aromatic N) is 3. The van der Waals surface area contributed by atoms with Gasteiger partial charge in [-0.1, -0.05) is 131 Å². The summed E-state index contributed by atoms with van der Waals surface area (Å²) in [6, 6.07) is 72.0. The molecule has 404 valence electrons. The molecule has 0 aliphatic carbocycles. The third kappa shape index (κ3) is 9.18. The van der Waals surface area contributed by atoms with E-state index in [1.165, 1.54) is 56.6 Å². The lowest BCUT2D eigenvalue weighted by molar-refractivity contribution is -0.137. The largest absolute Gasteiger partial charge is 0.416 e. The molecule has 0 atom stereocenters. The van der Waals surface area contributed by atoms with Gasteiger partial charge in [0.05, 0.1) is 50.6 Å². The van der Waals surface area contributed by atoms with Gasteiger partial charge >= 0.3 is 6.18 Å². The Hall–Kier alpha value is -9.70. The highest BCUT2D eigenvalue weighted by molar-refractivity contribution is 6.14. The first kappa shape index (κ1) is 52.7. The summed E-state index contributed by atoms with van der Waals surface area (Å²) in [4.78, 5) is 0. The van der Waals surface area contributed by atoms with Crippen LogP contribution in [0.1, 0.15) is 61.2 Å². The van der Waals surface area contributed by atoms with Gasteiger partial charge in [0.25, 0.3) is 0 Å². The van der Waals surface area contributed by atoms with Crippen LogP contribution in [0, 0.1) is 73.6 Å². The van der Waals surface area contributed by atoms with Crippen LogP contribution in [0.4, 0.5) is 13.2 Å². The molecule has 0 amide bonds. The minimum atomic E-state index is -4.50. The van der Waals surface area contributed by atoms with Crippen LogP contribution in [0.25, 0.3) is 122 Å². The zero-order valence-corrected chi connectivity index (χ0v) is 48.0. The van der Waals surface area contributed by atoms with Crippen molar-refractivity contribution < 1.29 is 13.2 Å². The number of aryl methyl sites for hydroxylation is 9. The molecule has 6 heteroatoms. The maximum Gasteiger partial charge on any atom is 0.416 e. The lowest BCUT2D eigenvalue weighted by atomic mass is 9.92. The molecule has 13 aromatic rings. The van der Waals surface area contributed by atoms with Crippen LogP contribution in [-0.2, 0) is 6.18 Å². The van der Waals surface area contributed by atoms with Crippen molar-refractivity contribution >= 4 is 43.6 Å². The maximum atomic E-state index is 14.3. The number of halogens is 3. The number of aromatic nitrogens is 2. The van der Waals surface area contributed by atoms with Crippen LogP contribution in [0.15, 0.2) is 200 Å². The highest BCUT2D eigenvalue weighted by Gasteiger charge is 2.31. The van der Waals surface area contributed by atoms with Crippen LogP contribution in [0.2, 0.25) is 0 Å². The normalized spacial score (nSPS) is 11.8. The van der Waals surface area contributed by atoms with Gasteiger partial charge in [0, 0.05) is 32.7 Å². The van der Waals surface area contributed by atoms with Gasteiger partial charge in [-0.15, -0.1) is 0 Å². The Morgan fingerprint density at radius 3 is 0.928 bits per heavy atom. The first-order valence-corrected chi connectivity index (χ1v) is 28.3. The maximum absolute atomic E-state index is 14.3. The molecular weight excluding hydrogens is 1020 g/mol. The van der Waals surface area contributed by atoms with E-state index in [0.717, 1.165) is 116 Å². The van der Waals surface area contributed by atoms with E-state index in [4.69, 9.17) is 0 Å². The second-order valence-corrected chi connectivity index (χ2v) is 23.0. The van der Waals surface area contributed by atoms with E-state index in [1.54, 1.807) is 13.0 Å². The van der Waals surface area contributed by atoms with Gasteiger partial charge in [0.2, 0.25) is 0 Å².